The van der Waals surface area contributed by atoms with Crippen LogP contribution in [-0.2, 0) is 0 Å². The Balaban J connectivity index is 1.30. The number of benzene rings is 9. The van der Waals surface area contributed by atoms with Gasteiger partial charge in [-0.3, -0.25) is 0 Å². The van der Waals surface area contributed by atoms with Crippen molar-refractivity contribution in [2.75, 3.05) is 0 Å². The van der Waals surface area contributed by atoms with E-state index in [1.54, 1.807) is 0 Å². The number of rotatable bonds is 3. The zero-order valence-corrected chi connectivity index (χ0v) is 28.6. The summed E-state index contributed by atoms with van der Waals surface area (Å²) in [5, 5.41) is 13.0. The lowest BCUT2D eigenvalue weighted by Gasteiger charge is -2.19. The van der Waals surface area contributed by atoms with Crippen LogP contribution in [-0.4, -0.2) is 0 Å². The third kappa shape index (κ3) is 4.04. The summed E-state index contributed by atoms with van der Waals surface area (Å²) in [6.07, 6.45) is 0. The van der Waals surface area contributed by atoms with Crippen LogP contribution in [0, 0.1) is 0 Å². The third-order valence-electron chi connectivity index (χ3n) is 10.5. The fraction of sp³-hybridized carbons (Fsp3) is 0. The zero-order valence-electron chi connectivity index (χ0n) is 27.0. The molecule has 0 aliphatic carbocycles. The molecule has 0 amide bonds. The Bertz CT molecular complexity index is 2980. The first-order chi connectivity index (χ1) is 24.8. The lowest BCUT2D eigenvalue weighted by atomic mass is 9.85. The Morgan fingerprint density at radius 2 is 0.660 bits per heavy atom. The second kappa shape index (κ2) is 10.9. The van der Waals surface area contributed by atoms with Gasteiger partial charge in [-0.15, -0.1) is 22.7 Å². The molecular formula is C48H28S2. The van der Waals surface area contributed by atoms with Crippen LogP contribution < -0.4 is 0 Å². The molecule has 0 unspecified atom stereocenters. The molecule has 0 atom stereocenters. The smallest absolute Gasteiger partial charge is 0.0434 e. The largest absolute Gasteiger partial charge is 0.135 e. The predicted octanol–water partition coefficient (Wildman–Crippen LogP) is 14.9. The average Bonchev–Trinajstić information content (AvgIpc) is 3.75. The summed E-state index contributed by atoms with van der Waals surface area (Å²) in [6, 6.07) is 63.2. The quantitative estimate of drug-likeness (QED) is 0.164. The molecule has 0 saturated carbocycles. The summed E-state index contributed by atoms with van der Waals surface area (Å²) < 4.78 is 5.35. The summed E-state index contributed by atoms with van der Waals surface area (Å²) >= 11 is 3.81. The van der Waals surface area contributed by atoms with Gasteiger partial charge in [0.1, 0.15) is 0 Å². The molecule has 0 aliphatic rings. The highest BCUT2D eigenvalue weighted by Gasteiger charge is 2.20. The maximum atomic E-state index is 2.49. The third-order valence-corrected chi connectivity index (χ3v) is 12.9. The highest BCUT2D eigenvalue weighted by Crippen LogP contribution is 2.48. The van der Waals surface area contributed by atoms with Crippen molar-refractivity contribution in [2.24, 2.45) is 0 Å². The average molecular weight is 669 g/mol. The molecule has 232 valence electrons. The molecule has 50 heavy (non-hydrogen) atoms. The van der Waals surface area contributed by atoms with Crippen LogP contribution in [0.5, 0.6) is 0 Å². The fourth-order valence-corrected chi connectivity index (χ4v) is 10.7. The minimum absolute atomic E-state index is 1.26. The molecule has 0 saturated heterocycles. The van der Waals surface area contributed by atoms with E-state index in [1.807, 2.05) is 22.7 Å². The van der Waals surface area contributed by atoms with Crippen molar-refractivity contribution in [3.05, 3.63) is 170 Å². The van der Waals surface area contributed by atoms with E-state index in [4.69, 9.17) is 0 Å². The predicted molar refractivity (Wildman–Crippen MR) is 221 cm³/mol. The Hall–Kier alpha value is -5.80. The van der Waals surface area contributed by atoms with Crippen LogP contribution in [0.3, 0.4) is 0 Å². The van der Waals surface area contributed by atoms with E-state index in [-0.39, 0.29) is 0 Å². The second-order valence-corrected chi connectivity index (χ2v) is 15.2. The van der Waals surface area contributed by atoms with Crippen molar-refractivity contribution >= 4 is 95.3 Å². The van der Waals surface area contributed by atoms with E-state index in [0.29, 0.717) is 0 Å². The topological polar surface area (TPSA) is 0 Å². The van der Waals surface area contributed by atoms with Gasteiger partial charge in [-0.1, -0.05) is 152 Å². The van der Waals surface area contributed by atoms with Gasteiger partial charge in [0.05, 0.1) is 0 Å². The summed E-state index contributed by atoms with van der Waals surface area (Å²) in [5.41, 5.74) is 7.71. The Kier molecular flexibility index (Phi) is 6.09. The normalized spacial score (nSPS) is 12.0. The summed E-state index contributed by atoms with van der Waals surface area (Å²) in [6.45, 7) is 0. The fourth-order valence-electron chi connectivity index (χ4n) is 8.29. The van der Waals surface area contributed by atoms with Gasteiger partial charge in [0.15, 0.2) is 0 Å². The maximum Gasteiger partial charge on any atom is 0.0434 e. The number of hydrogen-bond acceptors (Lipinski definition) is 2. The molecule has 0 nitrogen and oxygen atoms in total. The first kappa shape index (κ1) is 28.1. The summed E-state index contributed by atoms with van der Waals surface area (Å²) in [7, 11) is 0. The lowest BCUT2D eigenvalue weighted by Crippen LogP contribution is -1.91. The second-order valence-electron chi connectivity index (χ2n) is 13.1. The molecule has 0 N–H and O–H groups in total. The summed E-state index contributed by atoms with van der Waals surface area (Å²) in [4.78, 5) is 0. The van der Waals surface area contributed by atoms with Crippen LogP contribution in [0.4, 0.5) is 0 Å². The van der Waals surface area contributed by atoms with Crippen molar-refractivity contribution in [3.63, 3.8) is 0 Å². The van der Waals surface area contributed by atoms with Crippen LogP contribution in [0.25, 0.3) is 106 Å². The molecule has 2 aromatic heterocycles. The first-order valence-corrected chi connectivity index (χ1v) is 18.7. The molecule has 0 radical (unpaired) electrons. The Labute approximate surface area is 297 Å². The van der Waals surface area contributed by atoms with E-state index in [0.717, 1.165) is 0 Å². The van der Waals surface area contributed by atoms with Gasteiger partial charge in [-0.05, 0) is 72.8 Å². The van der Waals surface area contributed by atoms with Crippen LogP contribution in [0.2, 0.25) is 0 Å². The SMILES string of the molecule is c1ccc2c(-c3c4cccc(-c5cccc6c5sc5ccccc56)c4cc4c(-c5cccc6c5sc5ccccc56)cccc34)cccc2c1. The molecule has 9 aromatic carbocycles. The van der Waals surface area contributed by atoms with Gasteiger partial charge >= 0.3 is 0 Å². The van der Waals surface area contributed by atoms with E-state index in [2.05, 4.69) is 170 Å². The van der Waals surface area contributed by atoms with Crippen LogP contribution >= 0.6 is 22.7 Å². The van der Waals surface area contributed by atoms with Gasteiger partial charge in [0.2, 0.25) is 0 Å². The molecule has 0 bridgehead atoms. The Morgan fingerprint density at radius 1 is 0.260 bits per heavy atom. The monoisotopic (exact) mass is 668 g/mol. The van der Waals surface area contributed by atoms with Crippen LogP contribution in [0.1, 0.15) is 0 Å². The first-order valence-electron chi connectivity index (χ1n) is 17.1. The highest BCUT2D eigenvalue weighted by molar-refractivity contribution is 7.26. The molecule has 0 spiro atoms. The van der Waals surface area contributed by atoms with Crippen LogP contribution in [0.15, 0.2) is 170 Å². The lowest BCUT2D eigenvalue weighted by molar-refractivity contribution is 1.68. The highest BCUT2D eigenvalue weighted by atomic mass is 32.1. The molecule has 11 rings (SSSR count). The summed E-state index contributed by atoms with van der Waals surface area (Å²) in [5.74, 6) is 0. The maximum absolute atomic E-state index is 2.49. The van der Waals surface area contributed by atoms with Crippen molar-refractivity contribution in [1.29, 1.82) is 0 Å². The van der Waals surface area contributed by atoms with Gasteiger partial charge in [-0.25, -0.2) is 0 Å². The van der Waals surface area contributed by atoms with E-state index < -0.39 is 0 Å². The minimum Gasteiger partial charge on any atom is -0.135 e. The molecular weight excluding hydrogens is 641 g/mol. The minimum atomic E-state index is 1.26. The van der Waals surface area contributed by atoms with Crippen molar-refractivity contribution in [3.8, 4) is 33.4 Å². The van der Waals surface area contributed by atoms with Crippen molar-refractivity contribution in [1.82, 2.24) is 0 Å². The van der Waals surface area contributed by atoms with Gasteiger partial charge in [-0.2, -0.15) is 0 Å². The van der Waals surface area contributed by atoms with E-state index in [1.165, 1.54) is 106 Å². The van der Waals surface area contributed by atoms with E-state index in [9.17, 15) is 0 Å². The number of fused-ring (bicyclic) bond motifs is 9. The van der Waals surface area contributed by atoms with Gasteiger partial charge in [0, 0.05) is 51.5 Å². The van der Waals surface area contributed by atoms with Gasteiger partial charge in [0.25, 0.3) is 0 Å². The number of thiophene rings is 2. The molecule has 11 aromatic rings. The molecule has 2 heterocycles. The van der Waals surface area contributed by atoms with Crippen molar-refractivity contribution < 1.29 is 0 Å². The Morgan fingerprint density at radius 3 is 1.24 bits per heavy atom. The van der Waals surface area contributed by atoms with Crippen molar-refractivity contribution in [2.45, 2.75) is 0 Å². The molecule has 0 fully saturated rings. The molecule has 0 aliphatic heterocycles. The van der Waals surface area contributed by atoms with E-state index >= 15 is 0 Å². The zero-order chi connectivity index (χ0) is 32.8. The van der Waals surface area contributed by atoms with Gasteiger partial charge < -0.3 is 0 Å². The standard InChI is InChI=1S/C48H28S2/c1-2-14-30-29(12-1)13-7-19-35(30)46-36-20-8-17-31(38-22-10-24-40-33-15-3-5-26-44(33)49-47(38)40)42(36)28-43-32(18-9-21-37(43)46)39-23-11-25-41-34-16-4-6-27-45(34)50-48(39)41/h1-28H. The number of hydrogen-bond donors (Lipinski definition) is 0. The molecule has 2 heteroatoms.